The first-order chi connectivity index (χ1) is 6.81. The molecule has 3 nitrogen and oxygen atoms in total. The summed E-state index contributed by atoms with van der Waals surface area (Å²) in [5.74, 6) is 0.835. The van der Waals surface area contributed by atoms with Gasteiger partial charge in [0.05, 0.1) is 12.7 Å². The van der Waals surface area contributed by atoms with E-state index in [0.717, 1.165) is 16.9 Å². The van der Waals surface area contributed by atoms with Crippen LogP contribution in [0, 0.1) is 0 Å². The Morgan fingerprint density at radius 3 is 2.50 bits per heavy atom. The molecule has 0 bridgehead atoms. The van der Waals surface area contributed by atoms with Gasteiger partial charge in [-0.25, -0.2) is 0 Å². The molecule has 0 aliphatic heterocycles. The molecule has 0 fully saturated rings. The number of rotatable bonds is 2. The van der Waals surface area contributed by atoms with Gasteiger partial charge in [-0.15, -0.1) is 0 Å². The Bertz CT molecular complexity index is 422. The Morgan fingerprint density at radius 2 is 2.00 bits per heavy atom. The Balaban J connectivity index is 2.39. The molecule has 1 heterocycles. The summed E-state index contributed by atoms with van der Waals surface area (Å²) in [6.45, 7) is 0. The van der Waals surface area contributed by atoms with E-state index in [0.29, 0.717) is 4.60 Å². The van der Waals surface area contributed by atoms with Crippen LogP contribution >= 0.6 is 15.9 Å². The molecule has 0 amide bonds. The normalized spacial score (nSPS) is 10.1. The van der Waals surface area contributed by atoms with Gasteiger partial charge < -0.3 is 9.26 Å². The lowest BCUT2D eigenvalue weighted by Gasteiger charge is -2.00. The van der Waals surface area contributed by atoms with Crippen molar-refractivity contribution in [3.63, 3.8) is 0 Å². The highest BCUT2D eigenvalue weighted by Gasteiger charge is 2.06. The molecular weight excluding hydrogens is 246 g/mol. The monoisotopic (exact) mass is 253 g/mol. The first-order valence-electron chi connectivity index (χ1n) is 4.05. The Kier molecular flexibility index (Phi) is 2.54. The number of ether oxygens (including phenoxy) is 1. The second-order valence-electron chi connectivity index (χ2n) is 2.75. The zero-order valence-corrected chi connectivity index (χ0v) is 9.11. The number of benzene rings is 1. The molecular formula is C10H8BrNO2. The van der Waals surface area contributed by atoms with E-state index in [1.54, 1.807) is 13.4 Å². The molecule has 72 valence electrons. The van der Waals surface area contributed by atoms with Gasteiger partial charge in [0.15, 0.2) is 4.60 Å². The van der Waals surface area contributed by atoms with Crippen molar-refractivity contribution in [2.75, 3.05) is 7.11 Å². The van der Waals surface area contributed by atoms with Crippen LogP contribution in [0.15, 0.2) is 39.7 Å². The van der Waals surface area contributed by atoms with Crippen molar-refractivity contribution >= 4 is 15.9 Å². The topological polar surface area (TPSA) is 35.3 Å². The van der Waals surface area contributed by atoms with Crippen molar-refractivity contribution in [1.82, 2.24) is 5.16 Å². The largest absolute Gasteiger partial charge is 0.497 e. The van der Waals surface area contributed by atoms with E-state index in [1.807, 2.05) is 24.3 Å². The fourth-order valence-corrected chi connectivity index (χ4v) is 1.59. The number of hydrogen-bond donors (Lipinski definition) is 0. The third-order valence-corrected chi connectivity index (χ3v) is 2.50. The molecule has 1 aromatic carbocycles. The van der Waals surface area contributed by atoms with Gasteiger partial charge in [-0.3, -0.25) is 0 Å². The van der Waals surface area contributed by atoms with Gasteiger partial charge in [-0.05, 0) is 33.6 Å². The van der Waals surface area contributed by atoms with Crippen molar-refractivity contribution in [3.8, 4) is 16.9 Å². The molecule has 0 saturated heterocycles. The molecule has 0 saturated carbocycles. The van der Waals surface area contributed by atoms with Crippen molar-refractivity contribution in [2.24, 2.45) is 0 Å². The summed E-state index contributed by atoms with van der Waals surface area (Å²) in [4.78, 5) is 0. The third kappa shape index (κ3) is 1.65. The van der Waals surface area contributed by atoms with E-state index in [9.17, 15) is 0 Å². The molecule has 14 heavy (non-hydrogen) atoms. The standard InChI is InChI=1S/C10H8BrNO2/c1-13-8-4-2-7(3-5-8)9-6-14-12-10(9)11/h2-6H,1H3. The van der Waals surface area contributed by atoms with Crippen LogP contribution in [0.4, 0.5) is 0 Å². The minimum absolute atomic E-state index is 0.711. The van der Waals surface area contributed by atoms with Crippen molar-refractivity contribution in [3.05, 3.63) is 35.1 Å². The lowest BCUT2D eigenvalue weighted by atomic mass is 10.1. The van der Waals surface area contributed by atoms with Crippen LogP contribution in [-0.4, -0.2) is 12.3 Å². The highest BCUT2D eigenvalue weighted by atomic mass is 79.9. The molecule has 0 aliphatic rings. The summed E-state index contributed by atoms with van der Waals surface area (Å²) in [5, 5.41) is 3.75. The summed E-state index contributed by atoms with van der Waals surface area (Å²) in [5.41, 5.74) is 1.98. The lowest BCUT2D eigenvalue weighted by Crippen LogP contribution is -1.82. The van der Waals surface area contributed by atoms with Crippen LogP contribution < -0.4 is 4.74 Å². The fourth-order valence-electron chi connectivity index (χ4n) is 1.18. The molecule has 0 spiro atoms. The molecule has 2 aromatic rings. The van der Waals surface area contributed by atoms with Crippen LogP contribution in [0.25, 0.3) is 11.1 Å². The molecule has 4 heteroatoms. The van der Waals surface area contributed by atoms with Crippen molar-refractivity contribution in [2.45, 2.75) is 0 Å². The maximum absolute atomic E-state index is 5.07. The van der Waals surface area contributed by atoms with E-state index >= 15 is 0 Å². The second-order valence-corrected chi connectivity index (χ2v) is 3.50. The van der Waals surface area contributed by atoms with Gasteiger partial charge >= 0.3 is 0 Å². The van der Waals surface area contributed by atoms with E-state index in [4.69, 9.17) is 9.26 Å². The SMILES string of the molecule is COc1ccc(-c2conc2Br)cc1. The number of nitrogens with zero attached hydrogens (tertiary/aromatic N) is 1. The van der Waals surface area contributed by atoms with Gasteiger partial charge in [0.2, 0.25) is 0 Å². The Labute approximate surface area is 89.8 Å². The van der Waals surface area contributed by atoms with Crippen LogP contribution in [0.2, 0.25) is 0 Å². The van der Waals surface area contributed by atoms with Gasteiger partial charge in [0, 0.05) is 0 Å². The highest BCUT2D eigenvalue weighted by molar-refractivity contribution is 9.10. The van der Waals surface area contributed by atoms with E-state index in [1.165, 1.54) is 0 Å². The van der Waals surface area contributed by atoms with Gasteiger partial charge in [-0.1, -0.05) is 17.3 Å². The van der Waals surface area contributed by atoms with Crippen LogP contribution in [0.3, 0.4) is 0 Å². The molecule has 0 N–H and O–H groups in total. The van der Waals surface area contributed by atoms with Crippen LogP contribution in [0.5, 0.6) is 5.75 Å². The lowest BCUT2D eigenvalue weighted by molar-refractivity contribution is 0.414. The van der Waals surface area contributed by atoms with Crippen molar-refractivity contribution in [1.29, 1.82) is 0 Å². The average Bonchev–Trinajstić information content (AvgIpc) is 2.65. The van der Waals surface area contributed by atoms with Gasteiger partial charge in [0.1, 0.15) is 12.0 Å². The summed E-state index contributed by atoms with van der Waals surface area (Å²) in [6.07, 6.45) is 1.60. The summed E-state index contributed by atoms with van der Waals surface area (Å²) >= 11 is 3.30. The van der Waals surface area contributed by atoms with E-state index in [2.05, 4.69) is 21.1 Å². The summed E-state index contributed by atoms with van der Waals surface area (Å²) < 4.78 is 10.6. The first-order valence-corrected chi connectivity index (χ1v) is 4.85. The first kappa shape index (κ1) is 9.27. The maximum atomic E-state index is 5.07. The number of methoxy groups -OCH3 is 1. The number of hydrogen-bond acceptors (Lipinski definition) is 3. The summed E-state index contributed by atoms with van der Waals surface area (Å²) in [7, 11) is 1.64. The zero-order valence-electron chi connectivity index (χ0n) is 7.53. The third-order valence-electron chi connectivity index (χ3n) is 1.93. The quantitative estimate of drug-likeness (QED) is 0.825. The minimum atomic E-state index is 0.711. The minimum Gasteiger partial charge on any atom is -0.497 e. The van der Waals surface area contributed by atoms with E-state index < -0.39 is 0 Å². The molecule has 0 aliphatic carbocycles. The number of halogens is 1. The maximum Gasteiger partial charge on any atom is 0.157 e. The van der Waals surface area contributed by atoms with E-state index in [-0.39, 0.29) is 0 Å². The highest BCUT2D eigenvalue weighted by Crippen LogP contribution is 2.28. The molecule has 0 radical (unpaired) electrons. The zero-order chi connectivity index (χ0) is 9.97. The van der Waals surface area contributed by atoms with Crippen LogP contribution in [-0.2, 0) is 0 Å². The van der Waals surface area contributed by atoms with Gasteiger partial charge in [0.25, 0.3) is 0 Å². The predicted octanol–water partition coefficient (Wildman–Crippen LogP) is 3.11. The number of aromatic nitrogens is 1. The average molecular weight is 254 g/mol. The summed E-state index contributed by atoms with van der Waals surface area (Å²) in [6, 6.07) is 7.70. The predicted molar refractivity (Wildman–Crippen MR) is 56.2 cm³/mol. The van der Waals surface area contributed by atoms with Crippen LogP contribution in [0.1, 0.15) is 0 Å². The Morgan fingerprint density at radius 1 is 1.29 bits per heavy atom. The van der Waals surface area contributed by atoms with Gasteiger partial charge in [-0.2, -0.15) is 0 Å². The Hall–Kier alpha value is -1.29. The molecule has 0 unspecified atom stereocenters. The fraction of sp³-hybridized carbons (Fsp3) is 0.100. The molecule has 0 atom stereocenters. The molecule has 2 rings (SSSR count). The smallest absolute Gasteiger partial charge is 0.157 e. The molecule has 1 aromatic heterocycles. The van der Waals surface area contributed by atoms with Crippen molar-refractivity contribution < 1.29 is 9.26 Å². The second kappa shape index (κ2) is 3.84.